The number of benzene rings is 2. The van der Waals surface area contributed by atoms with Crippen LogP contribution in [0.15, 0.2) is 53.5 Å². The first-order valence-corrected chi connectivity index (χ1v) is 12.0. The number of amides is 1. The van der Waals surface area contributed by atoms with Gasteiger partial charge in [-0.25, -0.2) is 4.99 Å². The number of carbonyl (C=O) groups excluding carboxylic acids is 1. The summed E-state index contributed by atoms with van der Waals surface area (Å²) in [5.41, 5.74) is 4.46. The molecule has 2 heterocycles. The zero-order chi connectivity index (χ0) is 23.0. The van der Waals surface area contributed by atoms with Crippen LogP contribution in [0.1, 0.15) is 43.2 Å². The van der Waals surface area contributed by atoms with Crippen molar-refractivity contribution in [1.29, 1.82) is 0 Å². The molecule has 2 aliphatic heterocycles. The number of nitrogens with one attached hydrogen (secondary N) is 3. The van der Waals surface area contributed by atoms with Gasteiger partial charge in [-0.2, -0.15) is 0 Å². The first-order valence-electron chi connectivity index (χ1n) is 12.0. The van der Waals surface area contributed by atoms with Crippen molar-refractivity contribution in [2.24, 2.45) is 10.9 Å². The molecule has 7 nitrogen and oxygen atoms in total. The molecule has 0 spiro atoms. The summed E-state index contributed by atoms with van der Waals surface area (Å²) in [4.78, 5) is 19.2. The average Bonchev–Trinajstić information content (AvgIpc) is 2.86. The number of anilines is 2. The van der Waals surface area contributed by atoms with Gasteiger partial charge in [0, 0.05) is 56.5 Å². The highest BCUT2D eigenvalue weighted by atomic mass is 16.3. The molecule has 7 heteroatoms. The number of fused-ring (bicyclic) bond motifs is 1. The molecule has 2 aromatic carbocycles. The first-order chi connectivity index (χ1) is 16.2. The number of aliphatic imine (C=N–C) groups is 1. The Labute approximate surface area is 196 Å². The monoisotopic (exact) mass is 449 g/mol. The Morgan fingerprint density at radius 3 is 2.61 bits per heavy atom. The quantitative estimate of drug-likeness (QED) is 0.385. The Morgan fingerprint density at radius 1 is 1.12 bits per heavy atom. The molecule has 0 saturated carbocycles. The minimum Gasteiger partial charge on any atom is -0.396 e. The summed E-state index contributed by atoms with van der Waals surface area (Å²) in [5, 5.41) is 19.0. The summed E-state index contributed by atoms with van der Waals surface area (Å²) < 4.78 is 0. The van der Waals surface area contributed by atoms with Gasteiger partial charge < -0.3 is 26.0 Å². The third kappa shape index (κ3) is 6.05. The van der Waals surface area contributed by atoms with Gasteiger partial charge in [0.25, 0.3) is 0 Å². The summed E-state index contributed by atoms with van der Waals surface area (Å²) >= 11 is 0. The van der Waals surface area contributed by atoms with E-state index in [0.717, 1.165) is 49.7 Å². The predicted octanol–water partition coefficient (Wildman–Crippen LogP) is 3.08. The van der Waals surface area contributed by atoms with Crippen LogP contribution in [0.2, 0.25) is 0 Å². The molecule has 33 heavy (non-hydrogen) atoms. The fraction of sp³-hybridized carbons (Fsp3) is 0.462. The molecule has 4 N–H and O–H groups in total. The molecular weight excluding hydrogens is 414 g/mol. The molecule has 1 unspecified atom stereocenters. The number of aliphatic hydroxyl groups is 1. The van der Waals surface area contributed by atoms with Gasteiger partial charge in [-0.1, -0.05) is 30.3 Å². The summed E-state index contributed by atoms with van der Waals surface area (Å²) in [6, 6.07) is 16.6. The lowest BCUT2D eigenvalue weighted by atomic mass is 9.90. The minimum absolute atomic E-state index is 0.0584. The normalized spacial score (nSPS) is 19.1. The smallest absolute Gasteiger partial charge is 0.225 e. The number of nitrogens with zero attached hydrogens (tertiary/aromatic N) is 2. The van der Waals surface area contributed by atoms with Gasteiger partial charge in [0.15, 0.2) is 5.96 Å². The lowest BCUT2D eigenvalue weighted by Gasteiger charge is -2.32. The van der Waals surface area contributed by atoms with Crippen molar-refractivity contribution in [3.8, 4) is 0 Å². The number of piperidine rings is 1. The molecule has 0 aromatic heterocycles. The fourth-order valence-electron chi connectivity index (χ4n) is 4.60. The second-order valence-corrected chi connectivity index (χ2v) is 8.89. The largest absolute Gasteiger partial charge is 0.396 e. The third-order valence-electron chi connectivity index (χ3n) is 6.56. The van der Waals surface area contributed by atoms with E-state index >= 15 is 0 Å². The minimum atomic E-state index is 0.0584. The molecule has 4 rings (SSSR count). The van der Waals surface area contributed by atoms with E-state index in [1.165, 1.54) is 11.3 Å². The molecule has 2 aromatic rings. The maximum Gasteiger partial charge on any atom is 0.225 e. The van der Waals surface area contributed by atoms with Crippen molar-refractivity contribution >= 4 is 23.2 Å². The number of guanidine groups is 1. The van der Waals surface area contributed by atoms with Crippen LogP contribution in [-0.2, 0) is 11.3 Å². The Hall–Kier alpha value is -3.06. The lowest BCUT2D eigenvalue weighted by Crippen LogP contribution is -2.40. The van der Waals surface area contributed by atoms with E-state index < -0.39 is 0 Å². The highest BCUT2D eigenvalue weighted by Gasteiger charge is 2.24. The number of hydrogen-bond acceptors (Lipinski definition) is 4. The van der Waals surface area contributed by atoms with Gasteiger partial charge in [0.2, 0.25) is 5.91 Å². The average molecular weight is 450 g/mol. The van der Waals surface area contributed by atoms with Crippen molar-refractivity contribution in [2.45, 2.75) is 38.6 Å². The van der Waals surface area contributed by atoms with Crippen LogP contribution >= 0.6 is 0 Å². The maximum absolute atomic E-state index is 12.1. The van der Waals surface area contributed by atoms with Gasteiger partial charge in [0.05, 0.1) is 6.54 Å². The maximum atomic E-state index is 12.1. The van der Waals surface area contributed by atoms with Crippen molar-refractivity contribution < 1.29 is 9.90 Å². The molecule has 1 atom stereocenters. The topological polar surface area (TPSA) is 89.0 Å². The first kappa shape index (κ1) is 23.1. The van der Waals surface area contributed by atoms with Gasteiger partial charge in [-0.05, 0) is 55.0 Å². The van der Waals surface area contributed by atoms with E-state index in [1.54, 1.807) is 0 Å². The van der Waals surface area contributed by atoms with Crippen molar-refractivity contribution in [3.63, 3.8) is 0 Å². The van der Waals surface area contributed by atoms with Crippen LogP contribution in [0, 0.1) is 5.92 Å². The number of hydrogen-bond donors (Lipinski definition) is 4. The third-order valence-corrected chi connectivity index (χ3v) is 6.56. The second-order valence-electron chi connectivity index (χ2n) is 8.89. The summed E-state index contributed by atoms with van der Waals surface area (Å²) in [5.74, 6) is 1.38. The van der Waals surface area contributed by atoms with Crippen LogP contribution in [0.5, 0.6) is 0 Å². The Bertz CT molecular complexity index is 951. The van der Waals surface area contributed by atoms with Gasteiger partial charge >= 0.3 is 0 Å². The second kappa shape index (κ2) is 11.2. The van der Waals surface area contributed by atoms with Gasteiger partial charge in [0.1, 0.15) is 0 Å². The van der Waals surface area contributed by atoms with E-state index in [1.807, 2.05) is 18.2 Å². The van der Waals surface area contributed by atoms with Crippen molar-refractivity contribution in [3.05, 3.63) is 59.7 Å². The number of rotatable bonds is 7. The van der Waals surface area contributed by atoms with Crippen molar-refractivity contribution in [1.82, 2.24) is 10.6 Å². The molecule has 176 valence electrons. The van der Waals surface area contributed by atoms with E-state index in [2.05, 4.69) is 58.1 Å². The van der Waals surface area contributed by atoms with Crippen molar-refractivity contribution in [2.75, 3.05) is 43.0 Å². The zero-order valence-electron chi connectivity index (χ0n) is 19.4. The molecular formula is C26H35N5O2. The van der Waals surface area contributed by atoms with E-state index in [0.29, 0.717) is 32.0 Å². The van der Waals surface area contributed by atoms with Crippen LogP contribution in [0.3, 0.4) is 0 Å². The van der Waals surface area contributed by atoms with E-state index in [-0.39, 0.29) is 11.8 Å². The lowest BCUT2D eigenvalue weighted by molar-refractivity contribution is -0.116. The highest BCUT2D eigenvalue weighted by molar-refractivity contribution is 5.94. The van der Waals surface area contributed by atoms with Crippen LogP contribution in [0.4, 0.5) is 11.4 Å². The molecule has 0 aliphatic carbocycles. The number of aliphatic hydroxyl groups excluding tert-OH is 1. The molecule has 0 radical (unpaired) electrons. The highest BCUT2D eigenvalue weighted by Crippen LogP contribution is 2.31. The summed E-state index contributed by atoms with van der Waals surface area (Å²) in [7, 11) is 0. The Kier molecular flexibility index (Phi) is 7.83. The van der Waals surface area contributed by atoms with Crippen LogP contribution < -0.4 is 20.9 Å². The van der Waals surface area contributed by atoms with Crippen LogP contribution in [0.25, 0.3) is 0 Å². The molecule has 1 saturated heterocycles. The molecule has 2 aliphatic rings. The predicted molar refractivity (Wildman–Crippen MR) is 134 cm³/mol. The molecule has 0 bridgehead atoms. The SMILES string of the molecule is CCNC(=NCc1ccc(N2CCC(CO)CC2)cc1)NCC1CC(=O)Nc2ccccc21. The van der Waals surface area contributed by atoms with Gasteiger partial charge in [-0.15, -0.1) is 0 Å². The number of carbonyl (C=O) groups is 1. The standard InChI is InChI=1S/C26H35N5O2/c1-2-27-26(29-17-21-15-25(33)30-24-6-4-3-5-23(21)24)28-16-19-7-9-22(10-8-19)31-13-11-20(18-32)12-14-31/h3-10,20-21,32H,2,11-18H2,1H3,(H,30,33)(H2,27,28,29). The van der Waals surface area contributed by atoms with Crippen LogP contribution in [-0.4, -0.2) is 49.8 Å². The number of para-hydroxylation sites is 1. The van der Waals surface area contributed by atoms with E-state index in [4.69, 9.17) is 4.99 Å². The van der Waals surface area contributed by atoms with Gasteiger partial charge in [-0.3, -0.25) is 4.79 Å². The molecule has 1 amide bonds. The Morgan fingerprint density at radius 2 is 1.88 bits per heavy atom. The fourth-order valence-corrected chi connectivity index (χ4v) is 4.60. The Balaban J connectivity index is 1.34. The van der Waals surface area contributed by atoms with E-state index in [9.17, 15) is 9.90 Å². The molecule has 1 fully saturated rings. The summed E-state index contributed by atoms with van der Waals surface area (Å²) in [6.45, 7) is 6.36. The zero-order valence-corrected chi connectivity index (χ0v) is 19.4. The summed E-state index contributed by atoms with van der Waals surface area (Å²) in [6.07, 6.45) is 2.57.